The predicted octanol–water partition coefficient (Wildman–Crippen LogP) is 3.64. The Kier molecular flexibility index (Phi) is 7.38. The zero-order valence-corrected chi connectivity index (χ0v) is 20.5. The van der Waals surface area contributed by atoms with Gasteiger partial charge in [0.2, 0.25) is 0 Å². The van der Waals surface area contributed by atoms with E-state index in [1.807, 2.05) is 52.0 Å². The van der Waals surface area contributed by atoms with Crippen LogP contribution in [0, 0.1) is 5.92 Å². The number of benzene rings is 1. The molecule has 7 heteroatoms. The fraction of sp³-hybridized carbons (Fsp3) is 0.680. The van der Waals surface area contributed by atoms with Gasteiger partial charge in [0.1, 0.15) is 5.60 Å². The van der Waals surface area contributed by atoms with E-state index < -0.39 is 17.2 Å². The van der Waals surface area contributed by atoms with Crippen LogP contribution in [0.4, 0.5) is 10.5 Å². The average molecular weight is 445 g/mol. The lowest BCUT2D eigenvalue weighted by Crippen LogP contribution is -2.55. The molecule has 0 spiro atoms. The van der Waals surface area contributed by atoms with Crippen LogP contribution in [0.5, 0.6) is 0 Å². The Labute approximate surface area is 192 Å². The smallest absolute Gasteiger partial charge is 0.407 e. The maximum atomic E-state index is 13.0. The first-order valence-electron chi connectivity index (χ1n) is 11.9. The molecule has 1 aliphatic carbocycles. The zero-order chi connectivity index (χ0) is 23.5. The van der Waals surface area contributed by atoms with E-state index in [4.69, 9.17) is 4.74 Å². The van der Waals surface area contributed by atoms with Gasteiger partial charge >= 0.3 is 6.09 Å². The van der Waals surface area contributed by atoms with Crippen molar-refractivity contribution in [1.29, 1.82) is 0 Å². The molecule has 1 saturated heterocycles. The lowest BCUT2D eigenvalue weighted by atomic mass is 9.95. The molecule has 2 amide bonds. The molecule has 7 nitrogen and oxygen atoms in total. The van der Waals surface area contributed by atoms with Gasteiger partial charge in [0.15, 0.2) is 0 Å². The van der Waals surface area contributed by atoms with E-state index in [0.717, 1.165) is 44.7 Å². The van der Waals surface area contributed by atoms with Crippen LogP contribution in [0.2, 0.25) is 0 Å². The third-order valence-corrected chi connectivity index (χ3v) is 6.42. The number of piperazine rings is 1. The number of carbonyl (C=O) groups is 2. The van der Waals surface area contributed by atoms with Gasteiger partial charge in [-0.15, -0.1) is 0 Å². The van der Waals surface area contributed by atoms with Crippen LogP contribution in [0.1, 0.15) is 64.7 Å². The van der Waals surface area contributed by atoms with Crippen LogP contribution in [-0.2, 0) is 4.74 Å². The monoisotopic (exact) mass is 444 g/mol. The first-order valence-corrected chi connectivity index (χ1v) is 11.9. The highest BCUT2D eigenvalue weighted by molar-refractivity contribution is 5.95. The minimum absolute atomic E-state index is 0.110. The Hall–Kier alpha value is -2.28. The summed E-state index contributed by atoms with van der Waals surface area (Å²) in [5.41, 5.74) is 0.743. The van der Waals surface area contributed by atoms with E-state index in [1.165, 1.54) is 0 Å². The van der Waals surface area contributed by atoms with Gasteiger partial charge in [0.25, 0.3) is 5.91 Å². The van der Waals surface area contributed by atoms with Gasteiger partial charge in [-0.05, 0) is 84.6 Å². The van der Waals surface area contributed by atoms with Crippen molar-refractivity contribution in [3.8, 4) is 0 Å². The number of nitrogens with one attached hydrogen (secondary N) is 2. The molecule has 1 aromatic carbocycles. The molecule has 178 valence electrons. The highest BCUT2D eigenvalue weighted by Gasteiger charge is 2.43. The summed E-state index contributed by atoms with van der Waals surface area (Å²) in [6.07, 6.45) is 1.64. The van der Waals surface area contributed by atoms with Crippen LogP contribution in [0.15, 0.2) is 24.3 Å². The molecule has 2 N–H and O–H groups in total. The molecule has 3 rings (SSSR count). The number of anilines is 1. The Balaban J connectivity index is 1.57. The van der Waals surface area contributed by atoms with Crippen LogP contribution < -0.4 is 15.5 Å². The Morgan fingerprint density at radius 2 is 1.62 bits per heavy atom. The lowest BCUT2D eigenvalue weighted by molar-refractivity contribution is 0.0502. The Bertz CT molecular complexity index is 790. The second-order valence-corrected chi connectivity index (χ2v) is 10.7. The summed E-state index contributed by atoms with van der Waals surface area (Å²) < 4.78 is 5.34. The van der Waals surface area contributed by atoms with Gasteiger partial charge in [0, 0.05) is 50.0 Å². The second-order valence-electron chi connectivity index (χ2n) is 10.7. The quantitative estimate of drug-likeness (QED) is 0.672. The van der Waals surface area contributed by atoms with Crippen molar-refractivity contribution >= 4 is 17.7 Å². The molecule has 0 aromatic heterocycles. The highest BCUT2D eigenvalue weighted by Crippen LogP contribution is 2.39. The molecule has 2 aliphatic rings. The zero-order valence-electron chi connectivity index (χ0n) is 20.5. The summed E-state index contributed by atoms with van der Waals surface area (Å²) in [5, 5.41) is 6.01. The summed E-state index contributed by atoms with van der Waals surface area (Å²) in [6.45, 7) is 16.4. The molecule has 1 aliphatic heterocycles. The topological polar surface area (TPSA) is 73.9 Å². The molecule has 0 bridgehead atoms. The first-order chi connectivity index (χ1) is 15.0. The largest absolute Gasteiger partial charge is 0.444 e. The van der Waals surface area contributed by atoms with Gasteiger partial charge in [0.05, 0.1) is 5.54 Å². The molecular weight excluding hydrogens is 404 g/mol. The Morgan fingerprint density at radius 1 is 1.03 bits per heavy atom. The van der Waals surface area contributed by atoms with Crippen LogP contribution in [-0.4, -0.2) is 66.8 Å². The van der Waals surface area contributed by atoms with Crippen LogP contribution in [0.3, 0.4) is 0 Å². The van der Waals surface area contributed by atoms with Crippen molar-refractivity contribution in [3.63, 3.8) is 0 Å². The average Bonchev–Trinajstić information content (AvgIpc) is 3.57. The number of rotatable bonds is 7. The van der Waals surface area contributed by atoms with Crippen molar-refractivity contribution in [1.82, 2.24) is 15.5 Å². The summed E-state index contributed by atoms with van der Waals surface area (Å²) in [4.78, 5) is 30.0. The third kappa shape index (κ3) is 6.61. The van der Waals surface area contributed by atoms with Crippen molar-refractivity contribution in [2.45, 2.75) is 71.6 Å². The van der Waals surface area contributed by atoms with Crippen molar-refractivity contribution < 1.29 is 14.3 Å². The fourth-order valence-electron chi connectivity index (χ4n) is 4.23. The number of nitrogens with zero attached hydrogens (tertiary/aromatic N) is 2. The van der Waals surface area contributed by atoms with Crippen molar-refractivity contribution in [3.05, 3.63) is 29.8 Å². The SMILES string of the molecule is CC(C)N1CCN(c2ccc(C(=O)NC(C)(CNC(=O)OC(C)(C)C)C3CC3)cc2)CC1. The molecule has 2 fully saturated rings. The highest BCUT2D eigenvalue weighted by atomic mass is 16.6. The summed E-state index contributed by atoms with van der Waals surface area (Å²) >= 11 is 0. The molecule has 1 heterocycles. The van der Waals surface area contributed by atoms with E-state index in [-0.39, 0.29) is 5.91 Å². The molecular formula is C25H40N4O3. The molecule has 1 atom stereocenters. The minimum Gasteiger partial charge on any atom is -0.444 e. The summed E-state index contributed by atoms with van der Waals surface area (Å²) in [7, 11) is 0. The van der Waals surface area contributed by atoms with Gasteiger partial charge < -0.3 is 20.3 Å². The van der Waals surface area contributed by atoms with Crippen molar-refractivity contribution in [2.24, 2.45) is 5.92 Å². The van der Waals surface area contributed by atoms with Crippen molar-refractivity contribution in [2.75, 3.05) is 37.6 Å². The first kappa shape index (κ1) is 24.4. The minimum atomic E-state index is -0.549. The van der Waals surface area contributed by atoms with E-state index in [9.17, 15) is 9.59 Å². The van der Waals surface area contributed by atoms with E-state index in [1.54, 1.807) is 0 Å². The number of hydrogen-bond donors (Lipinski definition) is 2. The maximum Gasteiger partial charge on any atom is 0.407 e. The predicted molar refractivity (Wildman–Crippen MR) is 128 cm³/mol. The lowest BCUT2D eigenvalue weighted by Gasteiger charge is -2.38. The van der Waals surface area contributed by atoms with E-state index in [0.29, 0.717) is 24.1 Å². The number of carbonyl (C=O) groups excluding carboxylic acids is 2. The van der Waals surface area contributed by atoms with E-state index in [2.05, 4.69) is 34.3 Å². The number of amides is 2. The maximum absolute atomic E-state index is 13.0. The third-order valence-electron chi connectivity index (χ3n) is 6.42. The Morgan fingerprint density at radius 3 is 2.12 bits per heavy atom. The molecule has 1 saturated carbocycles. The normalized spacial score (nSPS) is 19.4. The van der Waals surface area contributed by atoms with E-state index >= 15 is 0 Å². The number of hydrogen-bond acceptors (Lipinski definition) is 5. The molecule has 1 aromatic rings. The molecule has 0 radical (unpaired) electrons. The van der Waals surface area contributed by atoms with Crippen LogP contribution in [0.25, 0.3) is 0 Å². The molecule has 1 unspecified atom stereocenters. The fourth-order valence-corrected chi connectivity index (χ4v) is 4.23. The summed E-state index contributed by atoms with van der Waals surface area (Å²) in [6, 6.07) is 8.44. The number of alkyl carbamates (subject to hydrolysis) is 1. The number of ether oxygens (including phenoxy) is 1. The molecule has 32 heavy (non-hydrogen) atoms. The van der Waals surface area contributed by atoms with Gasteiger partial charge in [-0.3, -0.25) is 9.69 Å². The van der Waals surface area contributed by atoms with Crippen LogP contribution >= 0.6 is 0 Å². The van der Waals surface area contributed by atoms with Gasteiger partial charge in [-0.2, -0.15) is 0 Å². The second kappa shape index (κ2) is 9.69. The van der Waals surface area contributed by atoms with Gasteiger partial charge in [-0.1, -0.05) is 0 Å². The van der Waals surface area contributed by atoms with Gasteiger partial charge in [-0.25, -0.2) is 4.79 Å². The summed E-state index contributed by atoms with van der Waals surface area (Å²) in [5.74, 6) is 0.250. The standard InChI is InChI=1S/C25H40N4O3/c1-18(2)28-13-15-29(16-14-28)21-11-7-19(8-12-21)22(30)27-25(6,20-9-10-20)17-26-23(31)32-24(3,4)5/h7-8,11-12,18,20H,9-10,13-17H2,1-6H3,(H,26,31)(H,27,30).